The van der Waals surface area contributed by atoms with Crippen molar-refractivity contribution in [2.45, 2.75) is 39.0 Å². The van der Waals surface area contributed by atoms with Crippen molar-refractivity contribution in [1.82, 2.24) is 4.90 Å². The number of likely N-dealkylation sites (tertiary alicyclic amines) is 1. The zero-order valence-corrected chi connectivity index (χ0v) is 10.9. The van der Waals surface area contributed by atoms with Crippen LogP contribution in [0.15, 0.2) is 0 Å². The van der Waals surface area contributed by atoms with Crippen LogP contribution < -0.4 is 5.73 Å². The highest BCUT2D eigenvalue weighted by molar-refractivity contribution is 7.80. The number of hydrogen-bond donors (Lipinski definition) is 1. The standard InChI is InChI=1S/C12H18N2O2S/c1-8(10(13)17)7-14-9(15)6-12(11(14)16)4-2-3-5-12/h8H,2-7H2,1H3,(H2,13,17). The molecule has 0 bridgehead atoms. The number of rotatable bonds is 3. The number of hydrogen-bond acceptors (Lipinski definition) is 3. The first-order valence-corrected chi connectivity index (χ1v) is 6.51. The molecule has 1 unspecified atom stereocenters. The first-order chi connectivity index (χ1) is 7.96. The quantitative estimate of drug-likeness (QED) is 0.608. The lowest BCUT2D eigenvalue weighted by molar-refractivity contribution is -0.141. The molecule has 2 rings (SSSR count). The molecule has 1 spiro atoms. The van der Waals surface area contributed by atoms with Crippen molar-refractivity contribution >= 4 is 29.0 Å². The van der Waals surface area contributed by atoms with E-state index in [-0.39, 0.29) is 23.1 Å². The van der Waals surface area contributed by atoms with Gasteiger partial charge < -0.3 is 5.73 Å². The molecule has 17 heavy (non-hydrogen) atoms. The second-order valence-corrected chi connectivity index (χ2v) is 5.75. The molecule has 94 valence electrons. The molecular weight excluding hydrogens is 236 g/mol. The number of thiocarbonyl (C=S) groups is 1. The normalized spacial score (nSPS) is 24.6. The van der Waals surface area contributed by atoms with Gasteiger partial charge in [-0.25, -0.2) is 0 Å². The third-order valence-electron chi connectivity index (χ3n) is 3.99. The van der Waals surface area contributed by atoms with Gasteiger partial charge in [0, 0.05) is 18.9 Å². The molecule has 0 aromatic heterocycles. The number of nitrogens with two attached hydrogens (primary N) is 1. The summed E-state index contributed by atoms with van der Waals surface area (Å²) in [5.74, 6) is -0.155. The highest BCUT2D eigenvalue weighted by Gasteiger charge is 2.52. The largest absolute Gasteiger partial charge is 0.393 e. The van der Waals surface area contributed by atoms with E-state index < -0.39 is 0 Å². The van der Waals surface area contributed by atoms with Crippen molar-refractivity contribution in [2.24, 2.45) is 17.1 Å². The van der Waals surface area contributed by atoms with Gasteiger partial charge in [-0.05, 0) is 12.8 Å². The Morgan fingerprint density at radius 2 is 2.06 bits per heavy atom. The Labute approximate surface area is 107 Å². The van der Waals surface area contributed by atoms with Crippen LogP contribution in [0.25, 0.3) is 0 Å². The lowest BCUT2D eigenvalue weighted by Gasteiger charge is -2.22. The summed E-state index contributed by atoms with van der Waals surface area (Å²) in [5, 5.41) is 0. The van der Waals surface area contributed by atoms with Gasteiger partial charge in [0.25, 0.3) is 0 Å². The Balaban J connectivity index is 2.11. The van der Waals surface area contributed by atoms with Gasteiger partial charge in [0.15, 0.2) is 0 Å². The fourth-order valence-electron chi connectivity index (χ4n) is 2.85. The molecule has 1 aliphatic heterocycles. The summed E-state index contributed by atoms with van der Waals surface area (Å²) in [5.41, 5.74) is 5.15. The van der Waals surface area contributed by atoms with Crippen LogP contribution >= 0.6 is 12.2 Å². The minimum atomic E-state index is -0.382. The van der Waals surface area contributed by atoms with Gasteiger partial charge >= 0.3 is 0 Å². The number of carbonyl (C=O) groups excluding carboxylic acids is 2. The SMILES string of the molecule is CC(CN1C(=O)CC2(CCCC2)C1=O)C(N)=S. The molecule has 1 saturated carbocycles. The second kappa shape index (κ2) is 4.37. The fraction of sp³-hybridized carbons (Fsp3) is 0.750. The molecule has 1 atom stereocenters. The average molecular weight is 254 g/mol. The predicted octanol–water partition coefficient (Wildman–Crippen LogP) is 1.23. The Morgan fingerprint density at radius 1 is 1.47 bits per heavy atom. The summed E-state index contributed by atoms with van der Waals surface area (Å²) in [6.07, 6.45) is 4.20. The number of nitrogens with zero attached hydrogens (tertiary/aromatic N) is 1. The predicted molar refractivity (Wildman–Crippen MR) is 68.2 cm³/mol. The topological polar surface area (TPSA) is 63.4 Å². The Kier molecular flexibility index (Phi) is 3.21. The van der Waals surface area contributed by atoms with Gasteiger partial charge in [-0.2, -0.15) is 0 Å². The van der Waals surface area contributed by atoms with Gasteiger partial charge in [-0.3, -0.25) is 14.5 Å². The summed E-state index contributed by atoms with van der Waals surface area (Å²) < 4.78 is 0. The van der Waals surface area contributed by atoms with Crippen molar-refractivity contribution in [2.75, 3.05) is 6.54 Å². The highest BCUT2D eigenvalue weighted by Crippen LogP contribution is 2.46. The average Bonchev–Trinajstić information content (AvgIpc) is 2.81. The first kappa shape index (κ1) is 12.5. The molecule has 1 heterocycles. The van der Waals surface area contributed by atoms with E-state index in [1.54, 1.807) is 0 Å². The van der Waals surface area contributed by atoms with Gasteiger partial charge in [0.2, 0.25) is 11.8 Å². The number of carbonyl (C=O) groups is 2. The zero-order chi connectivity index (χ0) is 12.6. The molecule has 2 N–H and O–H groups in total. The summed E-state index contributed by atoms with van der Waals surface area (Å²) in [4.78, 5) is 26.0. The molecule has 1 saturated heterocycles. The Morgan fingerprint density at radius 3 is 2.59 bits per heavy atom. The van der Waals surface area contributed by atoms with Gasteiger partial charge in [-0.1, -0.05) is 32.0 Å². The van der Waals surface area contributed by atoms with Crippen molar-refractivity contribution < 1.29 is 9.59 Å². The number of amides is 2. The maximum absolute atomic E-state index is 12.3. The smallest absolute Gasteiger partial charge is 0.235 e. The lowest BCUT2D eigenvalue weighted by atomic mass is 9.84. The molecule has 1 aliphatic carbocycles. The van der Waals surface area contributed by atoms with E-state index in [2.05, 4.69) is 0 Å². The van der Waals surface area contributed by atoms with Crippen LogP contribution in [0.1, 0.15) is 39.0 Å². The molecule has 0 aromatic rings. The van der Waals surface area contributed by atoms with Crippen LogP contribution in [-0.2, 0) is 9.59 Å². The van der Waals surface area contributed by atoms with Crippen molar-refractivity contribution in [3.63, 3.8) is 0 Å². The summed E-state index contributed by atoms with van der Waals surface area (Å²) in [7, 11) is 0. The molecule has 4 nitrogen and oxygen atoms in total. The van der Waals surface area contributed by atoms with E-state index in [1.807, 2.05) is 6.92 Å². The molecule has 0 aromatic carbocycles. The third kappa shape index (κ3) is 2.08. The van der Waals surface area contributed by atoms with E-state index in [0.717, 1.165) is 25.7 Å². The third-order valence-corrected chi connectivity index (χ3v) is 4.39. The van der Waals surface area contributed by atoms with E-state index in [9.17, 15) is 9.59 Å². The van der Waals surface area contributed by atoms with Crippen LogP contribution in [0.4, 0.5) is 0 Å². The summed E-state index contributed by atoms with van der Waals surface area (Å²) in [6.45, 7) is 2.19. The minimum Gasteiger partial charge on any atom is -0.393 e. The fourth-order valence-corrected chi connectivity index (χ4v) is 2.93. The summed E-state index contributed by atoms with van der Waals surface area (Å²) >= 11 is 4.88. The van der Waals surface area contributed by atoms with Crippen molar-refractivity contribution in [3.05, 3.63) is 0 Å². The molecule has 0 radical (unpaired) electrons. The monoisotopic (exact) mass is 254 g/mol. The molecule has 5 heteroatoms. The van der Waals surface area contributed by atoms with Gasteiger partial charge in [-0.15, -0.1) is 0 Å². The Bertz CT molecular complexity index is 375. The Hall–Kier alpha value is -0.970. The maximum Gasteiger partial charge on any atom is 0.235 e. The molecule has 2 fully saturated rings. The number of imide groups is 1. The minimum absolute atomic E-state index is 0.00287. The van der Waals surface area contributed by atoms with Crippen LogP contribution in [0.5, 0.6) is 0 Å². The van der Waals surface area contributed by atoms with Crippen LogP contribution in [0, 0.1) is 11.3 Å². The molecule has 2 amide bonds. The van der Waals surface area contributed by atoms with Gasteiger partial charge in [0.1, 0.15) is 0 Å². The van der Waals surface area contributed by atoms with E-state index in [1.165, 1.54) is 4.90 Å². The summed E-state index contributed by atoms with van der Waals surface area (Å²) in [6, 6.07) is 0. The van der Waals surface area contributed by atoms with Gasteiger partial charge in [0.05, 0.1) is 10.4 Å². The second-order valence-electron chi connectivity index (χ2n) is 5.28. The molecular formula is C12H18N2O2S. The maximum atomic E-state index is 12.3. The van der Waals surface area contributed by atoms with Crippen LogP contribution in [0.3, 0.4) is 0 Å². The highest BCUT2D eigenvalue weighted by atomic mass is 32.1. The van der Waals surface area contributed by atoms with Crippen LogP contribution in [0.2, 0.25) is 0 Å². The van der Waals surface area contributed by atoms with Crippen molar-refractivity contribution in [1.29, 1.82) is 0 Å². The molecule has 2 aliphatic rings. The van der Waals surface area contributed by atoms with Crippen LogP contribution in [-0.4, -0.2) is 28.2 Å². The zero-order valence-electron chi connectivity index (χ0n) is 10.1. The van der Waals surface area contributed by atoms with E-state index >= 15 is 0 Å². The lowest BCUT2D eigenvalue weighted by Crippen LogP contribution is -2.40. The van der Waals surface area contributed by atoms with Crippen molar-refractivity contribution in [3.8, 4) is 0 Å². The van der Waals surface area contributed by atoms with E-state index in [4.69, 9.17) is 18.0 Å². The van der Waals surface area contributed by atoms with E-state index in [0.29, 0.717) is 18.0 Å². The first-order valence-electron chi connectivity index (χ1n) is 6.10.